The first kappa shape index (κ1) is 10.7. The molecule has 1 aromatic heterocycles. The Bertz CT molecular complexity index is 517. The van der Waals surface area contributed by atoms with Crippen LogP contribution >= 0.6 is 0 Å². The fourth-order valence-electron chi connectivity index (χ4n) is 1.74. The quantitative estimate of drug-likeness (QED) is 0.815. The van der Waals surface area contributed by atoms with Crippen molar-refractivity contribution in [3.05, 3.63) is 35.3 Å². The fourth-order valence-corrected chi connectivity index (χ4v) is 1.74. The molecule has 0 unspecified atom stereocenters. The van der Waals surface area contributed by atoms with E-state index in [-0.39, 0.29) is 5.82 Å². The lowest BCUT2D eigenvalue weighted by Crippen LogP contribution is -1.92. The number of hydrogen-bond acceptors (Lipinski definition) is 2. The molecule has 0 saturated carbocycles. The Labute approximate surface area is 93.7 Å². The molecule has 0 aliphatic heterocycles. The number of nitrogens with one attached hydrogen (secondary N) is 2. The van der Waals surface area contributed by atoms with Crippen LogP contribution in [0.2, 0.25) is 0 Å². The van der Waals surface area contributed by atoms with E-state index in [1.165, 1.54) is 6.07 Å². The molecular formula is C12H14FN3. The second kappa shape index (κ2) is 3.96. The summed E-state index contributed by atoms with van der Waals surface area (Å²) in [4.78, 5) is 0. The second-order valence-electron chi connectivity index (χ2n) is 3.79. The lowest BCUT2D eigenvalue weighted by molar-refractivity contribution is 0.619. The fraction of sp³-hybridized carbons (Fsp3) is 0.250. The molecule has 0 aliphatic rings. The van der Waals surface area contributed by atoms with Crippen LogP contribution in [0, 0.1) is 19.7 Å². The average molecular weight is 219 g/mol. The van der Waals surface area contributed by atoms with Crippen LogP contribution in [-0.4, -0.2) is 17.2 Å². The smallest absolute Gasteiger partial charge is 0.126 e. The van der Waals surface area contributed by atoms with E-state index < -0.39 is 0 Å². The van der Waals surface area contributed by atoms with E-state index in [1.54, 1.807) is 19.1 Å². The van der Waals surface area contributed by atoms with E-state index in [4.69, 9.17) is 0 Å². The van der Waals surface area contributed by atoms with E-state index in [2.05, 4.69) is 15.5 Å². The highest BCUT2D eigenvalue weighted by Crippen LogP contribution is 2.28. The maximum atomic E-state index is 13.2. The zero-order valence-corrected chi connectivity index (χ0v) is 9.56. The van der Waals surface area contributed by atoms with Gasteiger partial charge in [-0.1, -0.05) is 0 Å². The summed E-state index contributed by atoms with van der Waals surface area (Å²) in [5.74, 6) is -0.193. The number of anilines is 1. The molecule has 1 heterocycles. The van der Waals surface area contributed by atoms with Gasteiger partial charge < -0.3 is 5.32 Å². The number of benzene rings is 1. The molecule has 2 rings (SSSR count). The molecule has 2 N–H and O–H groups in total. The summed E-state index contributed by atoms with van der Waals surface area (Å²) >= 11 is 0. The van der Waals surface area contributed by atoms with Crippen molar-refractivity contribution in [3.63, 3.8) is 0 Å². The SMILES string of the molecule is CNc1c(-c2ccc(F)c(C)c2)n[nH]c1C. The average Bonchev–Trinajstić information content (AvgIpc) is 2.63. The monoisotopic (exact) mass is 219 g/mol. The van der Waals surface area contributed by atoms with Gasteiger partial charge in [-0.3, -0.25) is 5.10 Å². The van der Waals surface area contributed by atoms with Crippen LogP contribution in [-0.2, 0) is 0 Å². The molecular weight excluding hydrogens is 205 g/mol. The molecule has 0 bridgehead atoms. The lowest BCUT2D eigenvalue weighted by Gasteiger charge is -2.04. The highest BCUT2D eigenvalue weighted by atomic mass is 19.1. The molecule has 2 aromatic rings. The number of rotatable bonds is 2. The van der Waals surface area contributed by atoms with Crippen molar-refractivity contribution >= 4 is 5.69 Å². The lowest BCUT2D eigenvalue weighted by atomic mass is 10.1. The second-order valence-corrected chi connectivity index (χ2v) is 3.79. The minimum absolute atomic E-state index is 0.193. The van der Waals surface area contributed by atoms with Gasteiger partial charge in [-0.25, -0.2) is 4.39 Å². The molecule has 4 heteroatoms. The molecule has 0 atom stereocenters. The third-order valence-corrected chi connectivity index (χ3v) is 2.63. The summed E-state index contributed by atoms with van der Waals surface area (Å²) in [5.41, 5.74) is 4.28. The van der Waals surface area contributed by atoms with Gasteiger partial charge in [0.15, 0.2) is 0 Å². The number of aromatic nitrogens is 2. The van der Waals surface area contributed by atoms with Crippen molar-refractivity contribution in [2.45, 2.75) is 13.8 Å². The van der Waals surface area contributed by atoms with Crippen LogP contribution in [0.3, 0.4) is 0 Å². The summed E-state index contributed by atoms with van der Waals surface area (Å²) in [7, 11) is 1.84. The van der Waals surface area contributed by atoms with Crippen LogP contribution < -0.4 is 5.32 Å². The highest BCUT2D eigenvalue weighted by molar-refractivity contribution is 5.76. The van der Waals surface area contributed by atoms with Gasteiger partial charge >= 0.3 is 0 Å². The van der Waals surface area contributed by atoms with Crippen molar-refractivity contribution in [2.75, 3.05) is 12.4 Å². The van der Waals surface area contributed by atoms with Crippen molar-refractivity contribution in [1.29, 1.82) is 0 Å². The van der Waals surface area contributed by atoms with Crippen LogP contribution in [0.4, 0.5) is 10.1 Å². The number of H-pyrrole nitrogens is 1. The molecule has 0 amide bonds. The molecule has 0 radical (unpaired) electrons. The highest BCUT2D eigenvalue weighted by Gasteiger charge is 2.11. The Kier molecular flexibility index (Phi) is 2.64. The third kappa shape index (κ3) is 1.66. The molecule has 0 fully saturated rings. The van der Waals surface area contributed by atoms with E-state index >= 15 is 0 Å². The summed E-state index contributed by atoms with van der Waals surface area (Å²) in [6, 6.07) is 5.00. The van der Waals surface area contributed by atoms with Gasteiger partial charge in [0.25, 0.3) is 0 Å². The topological polar surface area (TPSA) is 40.7 Å². The van der Waals surface area contributed by atoms with Gasteiger partial charge in [-0.15, -0.1) is 0 Å². The van der Waals surface area contributed by atoms with Crippen molar-refractivity contribution in [2.24, 2.45) is 0 Å². The summed E-state index contributed by atoms with van der Waals surface area (Å²) in [6.07, 6.45) is 0. The Hall–Kier alpha value is -1.84. The summed E-state index contributed by atoms with van der Waals surface area (Å²) in [5, 5.41) is 10.2. The van der Waals surface area contributed by atoms with Crippen molar-refractivity contribution in [1.82, 2.24) is 10.2 Å². The molecule has 16 heavy (non-hydrogen) atoms. The number of hydrogen-bond donors (Lipinski definition) is 2. The Balaban J connectivity index is 2.54. The number of aryl methyl sites for hydroxylation is 2. The van der Waals surface area contributed by atoms with Gasteiger partial charge in [-0.05, 0) is 37.6 Å². The molecule has 3 nitrogen and oxygen atoms in total. The normalized spacial score (nSPS) is 10.5. The first-order valence-electron chi connectivity index (χ1n) is 5.12. The van der Waals surface area contributed by atoms with E-state index in [1.807, 2.05) is 14.0 Å². The minimum Gasteiger partial charge on any atom is -0.385 e. The zero-order chi connectivity index (χ0) is 11.7. The molecule has 1 aromatic carbocycles. The van der Waals surface area contributed by atoms with Crippen molar-refractivity contribution < 1.29 is 4.39 Å². The molecule has 0 aliphatic carbocycles. The minimum atomic E-state index is -0.193. The van der Waals surface area contributed by atoms with Gasteiger partial charge in [0.05, 0.1) is 11.4 Å². The van der Waals surface area contributed by atoms with Crippen LogP contribution in [0.25, 0.3) is 11.3 Å². The van der Waals surface area contributed by atoms with E-state index in [0.717, 1.165) is 22.6 Å². The predicted molar refractivity (Wildman–Crippen MR) is 63.0 cm³/mol. The Morgan fingerprint density at radius 3 is 2.69 bits per heavy atom. The molecule has 0 spiro atoms. The first-order valence-corrected chi connectivity index (χ1v) is 5.12. The molecule has 84 valence electrons. The molecule has 0 saturated heterocycles. The number of halogens is 1. The van der Waals surface area contributed by atoms with Crippen LogP contribution in [0.1, 0.15) is 11.3 Å². The number of nitrogens with zero attached hydrogens (tertiary/aromatic N) is 1. The van der Waals surface area contributed by atoms with Crippen molar-refractivity contribution in [3.8, 4) is 11.3 Å². The van der Waals surface area contributed by atoms with Crippen LogP contribution in [0.5, 0.6) is 0 Å². The Morgan fingerprint density at radius 2 is 2.06 bits per heavy atom. The van der Waals surface area contributed by atoms with Crippen LogP contribution in [0.15, 0.2) is 18.2 Å². The predicted octanol–water partition coefficient (Wildman–Crippen LogP) is 2.87. The first-order chi connectivity index (χ1) is 7.63. The van der Waals surface area contributed by atoms with Gasteiger partial charge in [0.1, 0.15) is 11.5 Å². The maximum absolute atomic E-state index is 13.2. The zero-order valence-electron chi connectivity index (χ0n) is 9.56. The van der Waals surface area contributed by atoms with Gasteiger partial charge in [0, 0.05) is 12.6 Å². The summed E-state index contributed by atoms with van der Waals surface area (Å²) in [6.45, 7) is 3.69. The summed E-state index contributed by atoms with van der Waals surface area (Å²) < 4.78 is 13.2. The Morgan fingerprint density at radius 1 is 1.31 bits per heavy atom. The number of aromatic amines is 1. The van der Waals surface area contributed by atoms with Gasteiger partial charge in [0.2, 0.25) is 0 Å². The van der Waals surface area contributed by atoms with E-state index in [0.29, 0.717) is 5.56 Å². The third-order valence-electron chi connectivity index (χ3n) is 2.63. The standard InChI is InChI=1S/C12H14FN3/c1-7-6-9(4-5-10(7)13)12-11(14-3)8(2)15-16-12/h4-6,14H,1-3H3,(H,15,16). The van der Waals surface area contributed by atoms with Gasteiger partial charge in [-0.2, -0.15) is 5.10 Å². The maximum Gasteiger partial charge on any atom is 0.126 e. The van der Waals surface area contributed by atoms with E-state index in [9.17, 15) is 4.39 Å². The largest absolute Gasteiger partial charge is 0.385 e.